The molecule has 1 aromatic heterocycles. The Labute approximate surface area is 164 Å². The first-order valence-electron chi connectivity index (χ1n) is 9.41. The second kappa shape index (κ2) is 7.30. The maximum atomic E-state index is 13.4. The third-order valence-electron chi connectivity index (χ3n) is 4.86. The van der Waals surface area contributed by atoms with E-state index in [1.54, 1.807) is 18.2 Å². The molecule has 148 valence electrons. The van der Waals surface area contributed by atoms with Crippen molar-refractivity contribution in [2.75, 3.05) is 0 Å². The maximum absolute atomic E-state index is 13.4. The van der Waals surface area contributed by atoms with Crippen molar-refractivity contribution >= 4 is 16.9 Å². The number of halogens is 1. The number of fused-ring (bicyclic) bond motifs is 1. The van der Waals surface area contributed by atoms with Crippen LogP contribution in [0.15, 0.2) is 42.5 Å². The van der Waals surface area contributed by atoms with E-state index < -0.39 is 11.6 Å². The Morgan fingerprint density at radius 3 is 2.39 bits per heavy atom. The Morgan fingerprint density at radius 1 is 1.18 bits per heavy atom. The van der Waals surface area contributed by atoms with E-state index in [9.17, 15) is 14.3 Å². The van der Waals surface area contributed by atoms with Crippen molar-refractivity contribution in [2.45, 2.75) is 46.8 Å². The fraction of sp³-hybridized carbons (Fsp3) is 0.348. The van der Waals surface area contributed by atoms with Crippen molar-refractivity contribution in [1.29, 1.82) is 0 Å². The molecule has 0 spiro atoms. The van der Waals surface area contributed by atoms with Crippen molar-refractivity contribution < 1.29 is 19.0 Å². The van der Waals surface area contributed by atoms with Gasteiger partial charge in [-0.2, -0.15) is 0 Å². The summed E-state index contributed by atoms with van der Waals surface area (Å²) >= 11 is 0. The second-order valence-electron chi connectivity index (χ2n) is 8.07. The number of aliphatic carboxylic acids is 1. The van der Waals surface area contributed by atoms with Crippen LogP contribution in [-0.2, 0) is 11.3 Å². The summed E-state index contributed by atoms with van der Waals surface area (Å²) in [5.74, 6) is -0.360. The smallest absolute Gasteiger partial charge is 0.347 e. The van der Waals surface area contributed by atoms with Crippen molar-refractivity contribution in [3.8, 4) is 16.9 Å². The van der Waals surface area contributed by atoms with Gasteiger partial charge in [-0.3, -0.25) is 0 Å². The van der Waals surface area contributed by atoms with Gasteiger partial charge in [0, 0.05) is 28.7 Å². The van der Waals surface area contributed by atoms with Gasteiger partial charge >= 0.3 is 5.97 Å². The molecule has 0 aliphatic carbocycles. The van der Waals surface area contributed by atoms with E-state index in [1.807, 2.05) is 12.1 Å². The summed E-state index contributed by atoms with van der Waals surface area (Å²) in [6, 6.07) is 12.1. The van der Waals surface area contributed by atoms with Crippen LogP contribution in [0, 0.1) is 18.7 Å². The summed E-state index contributed by atoms with van der Waals surface area (Å²) in [4.78, 5) is 11.4. The van der Waals surface area contributed by atoms with Gasteiger partial charge in [0.2, 0.25) is 0 Å². The fourth-order valence-corrected chi connectivity index (χ4v) is 3.44. The molecule has 1 heterocycles. The molecule has 0 aliphatic heterocycles. The third kappa shape index (κ3) is 3.75. The van der Waals surface area contributed by atoms with E-state index >= 15 is 0 Å². The Kier molecular flexibility index (Phi) is 5.20. The first-order valence-corrected chi connectivity index (χ1v) is 9.41. The number of hydrogen-bond acceptors (Lipinski definition) is 2. The highest BCUT2D eigenvalue weighted by Gasteiger charge is 2.29. The molecule has 28 heavy (non-hydrogen) atoms. The normalized spacial score (nSPS) is 12.0. The fourth-order valence-electron chi connectivity index (χ4n) is 3.44. The lowest BCUT2D eigenvalue weighted by molar-refractivity contribution is -0.152. The van der Waals surface area contributed by atoms with E-state index in [0.29, 0.717) is 11.7 Å². The summed E-state index contributed by atoms with van der Waals surface area (Å²) in [6.07, 6.45) is 0. The number of hydrogen-bond donors (Lipinski definition) is 1. The van der Waals surface area contributed by atoms with Crippen LogP contribution in [0.25, 0.3) is 22.0 Å². The van der Waals surface area contributed by atoms with Gasteiger partial charge in [-0.15, -0.1) is 0 Å². The van der Waals surface area contributed by atoms with Crippen LogP contribution < -0.4 is 4.74 Å². The molecule has 3 aromatic rings. The molecule has 0 amide bonds. The molecule has 0 unspecified atom stereocenters. The molecule has 2 aromatic carbocycles. The molecular formula is C23H26FNO3. The summed E-state index contributed by atoms with van der Waals surface area (Å²) in [7, 11) is 0. The van der Waals surface area contributed by atoms with Crippen molar-refractivity contribution in [2.24, 2.45) is 5.92 Å². The van der Waals surface area contributed by atoms with Gasteiger partial charge in [-0.25, -0.2) is 9.18 Å². The minimum Gasteiger partial charge on any atom is -0.478 e. The van der Waals surface area contributed by atoms with Gasteiger partial charge in [0.25, 0.3) is 0 Å². The molecule has 0 radical (unpaired) electrons. The zero-order valence-corrected chi connectivity index (χ0v) is 16.9. The van der Waals surface area contributed by atoms with Crippen molar-refractivity contribution in [3.63, 3.8) is 0 Å². The topological polar surface area (TPSA) is 51.5 Å². The lowest BCUT2D eigenvalue weighted by atomic mass is 10.0. The SMILES string of the molecule is Cc1c(-c2ccc(F)cc2)c2cc(OC(C)(C)C(=O)O)ccc2n1CC(C)C. The molecule has 1 N–H and O–H groups in total. The summed E-state index contributed by atoms with van der Waals surface area (Å²) in [6.45, 7) is 10.3. The average Bonchev–Trinajstić information content (AvgIpc) is 2.86. The van der Waals surface area contributed by atoms with Crippen LogP contribution in [0.4, 0.5) is 4.39 Å². The van der Waals surface area contributed by atoms with Crippen LogP contribution in [0.2, 0.25) is 0 Å². The Balaban J connectivity index is 2.21. The van der Waals surface area contributed by atoms with Crippen molar-refractivity contribution in [3.05, 3.63) is 54.0 Å². The van der Waals surface area contributed by atoms with E-state index in [4.69, 9.17) is 4.74 Å². The first kappa shape index (κ1) is 19.9. The Morgan fingerprint density at radius 2 is 1.82 bits per heavy atom. The van der Waals surface area contributed by atoms with Crippen LogP contribution in [-0.4, -0.2) is 21.2 Å². The molecule has 0 saturated heterocycles. The van der Waals surface area contributed by atoms with Crippen LogP contribution in [0.5, 0.6) is 5.75 Å². The van der Waals surface area contributed by atoms with E-state index in [-0.39, 0.29) is 5.82 Å². The monoisotopic (exact) mass is 383 g/mol. The number of aromatic nitrogens is 1. The lowest BCUT2D eigenvalue weighted by Gasteiger charge is -2.21. The molecule has 0 bridgehead atoms. The zero-order valence-electron chi connectivity index (χ0n) is 16.9. The first-order chi connectivity index (χ1) is 13.1. The quantitative estimate of drug-likeness (QED) is 0.598. The highest BCUT2D eigenvalue weighted by atomic mass is 19.1. The minimum absolute atomic E-state index is 0.278. The molecule has 4 nitrogen and oxygen atoms in total. The summed E-state index contributed by atoms with van der Waals surface area (Å²) < 4.78 is 21.4. The summed E-state index contributed by atoms with van der Waals surface area (Å²) in [5.41, 5.74) is 2.73. The maximum Gasteiger partial charge on any atom is 0.347 e. The molecular weight excluding hydrogens is 357 g/mol. The number of ether oxygens (including phenoxy) is 1. The van der Waals surface area contributed by atoms with E-state index in [1.165, 1.54) is 26.0 Å². The van der Waals surface area contributed by atoms with Crippen molar-refractivity contribution in [1.82, 2.24) is 4.57 Å². The number of carbonyl (C=O) groups is 1. The number of benzene rings is 2. The van der Waals surface area contributed by atoms with Gasteiger partial charge in [-0.05, 0) is 62.6 Å². The zero-order chi connectivity index (χ0) is 20.6. The third-order valence-corrected chi connectivity index (χ3v) is 4.86. The van der Waals surface area contributed by atoms with Crippen LogP contribution >= 0.6 is 0 Å². The molecule has 0 saturated carbocycles. The predicted octanol–water partition coefficient (Wildman–Crippen LogP) is 5.65. The molecule has 5 heteroatoms. The van der Waals surface area contributed by atoms with Gasteiger partial charge in [-0.1, -0.05) is 26.0 Å². The summed E-state index contributed by atoms with van der Waals surface area (Å²) in [5, 5.41) is 10.3. The van der Waals surface area contributed by atoms with E-state index in [2.05, 4.69) is 25.3 Å². The molecule has 0 aliphatic rings. The highest BCUT2D eigenvalue weighted by molar-refractivity contribution is 5.99. The molecule has 0 atom stereocenters. The second-order valence-corrected chi connectivity index (χ2v) is 8.07. The minimum atomic E-state index is -1.33. The number of rotatable bonds is 6. The predicted molar refractivity (Wildman–Crippen MR) is 109 cm³/mol. The average molecular weight is 383 g/mol. The molecule has 0 fully saturated rings. The van der Waals surface area contributed by atoms with E-state index in [0.717, 1.165) is 34.3 Å². The van der Waals surface area contributed by atoms with Gasteiger partial charge in [0.05, 0.1) is 0 Å². The van der Waals surface area contributed by atoms with Gasteiger partial charge in [0.15, 0.2) is 5.60 Å². The Hall–Kier alpha value is -2.82. The highest BCUT2D eigenvalue weighted by Crippen LogP contribution is 2.37. The van der Waals surface area contributed by atoms with Gasteiger partial charge < -0.3 is 14.4 Å². The van der Waals surface area contributed by atoms with Gasteiger partial charge in [0.1, 0.15) is 11.6 Å². The van der Waals surface area contributed by atoms with Crippen LogP contribution in [0.3, 0.4) is 0 Å². The standard InChI is InChI=1S/C23H26FNO3/c1-14(2)13-25-15(3)21(16-6-8-17(24)9-7-16)19-12-18(10-11-20(19)25)28-23(4,5)22(26)27/h6-12,14H,13H2,1-5H3,(H,26,27). The molecule has 3 rings (SSSR count). The number of carboxylic acid groups (broad SMARTS) is 1. The van der Waals surface area contributed by atoms with Crippen LogP contribution in [0.1, 0.15) is 33.4 Å². The lowest BCUT2D eigenvalue weighted by Crippen LogP contribution is -2.37. The largest absolute Gasteiger partial charge is 0.478 e. The number of carboxylic acids is 1. The number of nitrogens with zero attached hydrogens (tertiary/aromatic N) is 1. The Bertz CT molecular complexity index is 1020.